The standard InChI is InChI=1S/C12H17BrO3/c13-11-4-5-12(10(8-11)9-15)16-7-3-1-2-6-14/h4-5,8,14-15H,1-3,6-7,9H2. The molecule has 4 heteroatoms. The molecule has 0 heterocycles. The van der Waals surface area contributed by atoms with Crippen molar-refractivity contribution in [3.8, 4) is 5.75 Å². The number of hydrogen-bond donors (Lipinski definition) is 2. The third-order valence-electron chi connectivity index (χ3n) is 2.25. The van der Waals surface area contributed by atoms with Gasteiger partial charge in [-0.15, -0.1) is 0 Å². The van der Waals surface area contributed by atoms with Crippen molar-refractivity contribution in [1.29, 1.82) is 0 Å². The minimum absolute atomic E-state index is 0.0224. The second-order valence-electron chi connectivity index (χ2n) is 3.54. The number of benzene rings is 1. The molecule has 0 aliphatic heterocycles. The lowest BCUT2D eigenvalue weighted by Crippen LogP contribution is -2.00. The highest BCUT2D eigenvalue weighted by atomic mass is 79.9. The Labute approximate surface area is 104 Å². The minimum Gasteiger partial charge on any atom is -0.493 e. The summed E-state index contributed by atoms with van der Waals surface area (Å²) in [5.74, 6) is 0.731. The summed E-state index contributed by atoms with van der Waals surface area (Å²) in [6, 6.07) is 5.59. The molecule has 0 aromatic heterocycles. The number of hydrogen-bond acceptors (Lipinski definition) is 3. The lowest BCUT2D eigenvalue weighted by atomic mass is 10.2. The van der Waals surface area contributed by atoms with E-state index in [1.165, 1.54) is 0 Å². The average molecular weight is 289 g/mol. The van der Waals surface area contributed by atoms with Crippen LogP contribution in [0.3, 0.4) is 0 Å². The van der Waals surface area contributed by atoms with Gasteiger partial charge >= 0.3 is 0 Å². The zero-order chi connectivity index (χ0) is 11.8. The molecule has 0 aliphatic carbocycles. The van der Waals surface area contributed by atoms with Crippen LogP contribution in [0.1, 0.15) is 24.8 Å². The van der Waals surface area contributed by atoms with Crippen molar-refractivity contribution in [2.45, 2.75) is 25.9 Å². The van der Waals surface area contributed by atoms with Crippen molar-refractivity contribution < 1.29 is 14.9 Å². The predicted molar refractivity (Wildman–Crippen MR) is 66.5 cm³/mol. The van der Waals surface area contributed by atoms with Gasteiger partial charge in [0, 0.05) is 16.6 Å². The molecule has 0 spiro atoms. The number of halogens is 1. The molecule has 2 N–H and O–H groups in total. The topological polar surface area (TPSA) is 49.7 Å². The van der Waals surface area contributed by atoms with Crippen LogP contribution in [-0.2, 0) is 6.61 Å². The van der Waals surface area contributed by atoms with Crippen LogP contribution in [0, 0.1) is 0 Å². The van der Waals surface area contributed by atoms with E-state index in [9.17, 15) is 0 Å². The van der Waals surface area contributed by atoms with Crippen LogP contribution in [-0.4, -0.2) is 23.4 Å². The Morgan fingerprint density at radius 3 is 2.62 bits per heavy atom. The Hall–Kier alpha value is -0.580. The molecule has 0 radical (unpaired) electrons. The maximum atomic E-state index is 9.15. The Morgan fingerprint density at radius 1 is 1.12 bits per heavy atom. The number of aliphatic hydroxyl groups excluding tert-OH is 2. The fraction of sp³-hybridized carbons (Fsp3) is 0.500. The zero-order valence-electron chi connectivity index (χ0n) is 9.16. The van der Waals surface area contributed by atoms with Crippen molar-refractivity contribution in [1.82, 2.24) is 0 Å². The second kappa shape index (κ2) is 7.65. The smallest absolute Gasteiger partial charge is 0.124 e. The van der Waals surface area contributed by atoms with Crippen molar-refractivity contribution in [2.24, 2.45) is 0 Å². The minimum atomic E-state index is -0.0224. The summed E-state index contributed by atoms with van der Waals surface area (Å²) >= 11 is 3.35. The Kier molecular flexibility index (Phi) is 6.45. The first-order valence-electron chi connectivity index (χ1n) is 5.41. The summed E-state index contributed by atoms with van der Waals surface area (Å²) in [6.45, 7) is 0.834. The van der Waals surface area contributed by atoms with Gasteiger partial charge in [0.05, 0.1) is 13.2 Å². The van der Waals surface area contributed by atoms with Crippen LogP contribution >= 0.6 is 15.9 Å². The molecule has 0 saturated heterocycles. The van der Waals surface area contributed by atoms with E-state index < -0.39 is 0 Å². The van der Waals surface area contributed by atoms with Crippen LogP contribution in [0.5, 0.6) is 5.75 Å². The number of rotatable bonds is 7. The van der Waals surface area contributed by atoms with Crippen molar-refractivity contribution in [3.05, 3.63) is 28.2 Å². The molecule has 0 atom stereocenters. The average Bonchev–Trinajstić information content (AvgIpc) is 2.30. The molecule has 3 nitrogen and oxygen atoms in total. The highest BCUT2D eigenvalue weighted by Gasteiger charge is 2.03. The molecular formula is C12H17BrO3. The van der Waals surface area contributed by atoms with Gasteiger partial charge in [0.1, 0.15) is 5.75 Å². The van der Waals surface area contributed by atoms with E-state index in [0.29, 0.717) is 6.61 Å². The highest BCUT2D eigenvalue weighted by molar-refractivity contribution is 9.10. The number of aliphatic hydroxyl groups is 2. The molecule has 0 unspecified atom stereocenters. The molecular weight excluding hydrogens is 272 g/mol. The van der Waals surface area contributed by atoms with E-state index in [4.69, 9.17) is 14.9 Å². The zero-order valence-corrected chi connectivity index (χ0v) is 10.7. The molecule has 0 amide bonds. The van der Waals surface area contributed by atoms with Crippen molar-refractivity contribution >= 4 is 15.9 Å². The first-order valence-corrected chi connectivity index (χ1v) is 6.20. The molecule has 1 aromatic carbocycles. The lowest BCUT2D eigenvalue weighted by Gasteiger charge is -2.10. The van der Waals surface area contributed by atoms with Crippen LogP contribution in [0.4, 0.5) is 0 Å². The van der Waals surface area contributed by atoms with Gasteiger partial charge in [-0.25, -0.2) is 0 Å². The monoisotopic (exact) mass is 288 g/mol. The van der Waals surface area contributed by atoms with Gasteiger partial charge < -0.3 is 14.9 Å². The van der Waals surface area contributed by atoms with Gasteiger partial charge in [-0.2, -0.15) is 0 Å². The van der Waals surface area contributed by atoms with E-state index in [-0.39, 0.29) is 13.2 Å². The van der Waals surface area contributed by atoms with Crippen molar-refractivity contribution in [3.63, 3.8) is 0 Å². The van der Waals surface area contributed by atoms with E-state index >= 15 is 0 Å². The van der Waals surface area contributed by atoms with Gasteiger partial charge in [-0.05, 0) is 37.5 Å². The summed E-state index contributed by atoms with van der Waals surface area (Å²) in [7, 11) is 0. The maximum absolute atomic E-state index is 9.15. The summed E-state index contributed by atoms with van der Waals surface area (Å²) in [5.41, 5.74) is 0.788. The van der Waals surface area contributed by atoms with Crippen LogP contribution in [0.25, 0.3) is 0 Å². The molecule has 0 bridgehead atoms. The summed E-state index contributed by atoms with van der Waals surface area (Å²) < 4.78 is 6.50. The third-order valence-corrected chi connectivity index (χ3v) is 2.75. The molecule has 90 valence electrons. The fourth-order valence-electron chi connectivity index (χ4n) is 1.39. The first kappa shape index (κ1) is 13.5. The summed E-state index contributed by atoms with van der Waals surface area (Å²) in [5, 5.41) is 17.8. The van der Waals surface area contributed by atoms with Gasteiger partial charge in [0.25, 0.3) is 0 Å². The Balaban J connectivity index is 2.41. The van der Waals surface area contributed by atoms with Crippen LogP contribution in [0.2, 0.25) is 0 Å². The van der Waals surface area contributed by atoms with Gasteiger partial charge in [-0.3, -0.25) is 0 Å². The molecule has 1 rings (SSSR count). The van der Waals surface area contributed by atoms with Crippen LogP contribution in [0.15, 0.2) is 22.7 Å². The fourth-order valence-corrected chi connectivity index (χ4v) is 1.79. The van der Waals surface area contributed by atoms with Gasteiger partial charge in [0.2, 0.25) is 0 Å². The third kappa shape index (κ3) is 4.51. The number of ether oxygens (including phenoxy) is 1. The Morgan fingerprint density at radius 2 is 1.94 bits per heavy atom. The quantitative estimate of drug-likeness (QED) is 0.758. The van der Waals surface area contributed by atoms with E-state index in [1.807, 2.05) is 18.2 Å². The highest BCUT2D eigenvalue weighted by Crippen LogP contribution is 2.23. The van der Waals surface area contributed by atoms with Crippen LogP contribution < -0.4 is 4.74 Å². The lowest BCUT2D eigenvalue weighted by molar-refractivity contribution is 0.252. The van der Waals surface area contributed by atoms with E-state index in [2.05, 4.69) is 15.9 Å². The van der Waals surface area contributed by atoms with Crippen molar-refractivity contribution in [2.75, 3.05) is 13.2 Å². The molecule has 0 fully saturated rings. The van der Waals surface area contributed by atoms with Gasteiger partial charge in [-0.1, -0.05) is 15.9 Å². The Bertz CT molecular complexity index is 315. The second-order valence-corrected chi connectivity index (χ2v) is 4.46. The molecule has 0 saturated carbocycles. The summed E-state index contributed by atoms with van der Waals surface area (Å²) in [6.07, 6.45) is 2.69. The van der Waals surface area contributed by atoms with E-state index in [0.717, 1.165) is 35.0 Å². The normalized spacial score (nSPS) is 10.4. The first-order chi connectivity index (χ1) is 7.77. The summed E-state index contributed by atoms with van der Waals surface area (Å²) in [4.78, 5) is 0. The van der Waals surface area contributed by atoms with E-state index in [1.54, 1.807) is 0 Å². The SMILES string of the molecule is OCCCCCOc1ccc(Br)cc1CO. The largest absolute Gasteiger partial charge is 0.493 e. The number of unbranched alkanes of at least 4 members (excludes halogenated alkanes) is 2. The molecule has 16 heavy (non-hydrogen) atoms. The predicted octanol–water partition coefficient (Wildman–Crippen LogP) is 2.48. The van der Waals surface area contributed by atoms with Gasteiger partial charge in [0.15, 0.2) is 0 Å². The maximum Gasteiger partial charge on any atom is 0.124 e. The molecule has 0 aliphatic rings. The molecule has 1 aromatic rings.